The van der Waals surface area contributed by atoms with Crippen molar-refractivity contribution >= 4 is 27.5 Å². The smallest absolute Gasteiger partial charge is 0.220 e. The maximum Gasteiger partial charge on any atom is 0.220 e. The van der Waals surface area contributed by atoms with Crippen LogP contribution in [0, 0.1) is 0 Å². The van der Waals surface area contributed by atoms with Crippen LogP contribution in [0.2, 0.25) is 0 Å². The number of fused-ring (bicyclic) bond motifs is 5. The van der Waals surface area contributed by atoms with Crippen LogP contribution in [-0.4, -0.2) is 19.4 Å². The third kappa shape index (κ3) is 1.71. The summed E-state index contributed by atoms with van der Waals surface area (Å²) >= 11 is 3.51. The second-order valence-electron chi connectivity index (χ2n) is 4.94. The van der Waals surface area contributed by atoms with E-state index in [0.717, 1.165) is 52.0 Å². The Balaban J connectivity index is 2.11. The minimum atomic E-state index is 0.307. The van der Waals surface area contributed by atoms with Crippen molar-refractivity contribution in [3.8, 4) is 11.4 Å². The van der Waals surface area contributed by atoms with E-state index in [9.17, 15) is 0 Å². The van der Waals surface area contributed by atoms with E-state index in [1.807, 2.05) is 24.5 Å². The Hall–Kier alpha value is -1.95. The number of pyridine rings is 1. The lowest BCUT2D eigenvalue weighted by Crippen LogP contribution is -2.01. The highest BCUT2D eigenvalue weighted by atomic mass is 79.9. The number of imidazole rings is 1. The number of aryl methyl sites for hydroxylation is 2. The van der Waals surface area contributed by atoms with Crippen molar-refractivity contribution in [3.63, 3.8) is 0 Å². The summed E-state index contributed by atoms with van der Waals surface area (Å²) in [6.07, 6.45) is 6.82. The van der Waals surface area contributed by atoms with Crippen molar-refractivity contribution in [2.45, 2.75) is 19.3 Å². The fourth-order valence-corrected chi connectivity index (χ4v) is 3.08. The molecule has 20 heavy (non-hydrogen) atoms. The minimum absolute atomic E-state index is 0.307. The number of rotatable bonds is 0. The number of anilines is 1. The summed E-state index contributed by atoms with van der Waals surface area (Å²) in [5, 5.41) is 0. The van der Waals surface area contributed by atoms with Crippen molar-refractivity contribution < 1.29 is 0 Å². The van der Waals surface area contributed by atoms with E-state index in [4.69, 9.17) is 10.7 Å². The molecule has 2 N–H and O–H groups in total. The molecule has 0 spiro atoms. The topological polar surface area (TPSA) is 69.1 Å². The van der Waals surface area contributed by atoms with Crippen LogP contribution in [0.1, 0.15) is 17.7 Å². The second-order valence-corrected chi connectivity index (χ2v) is 5.85. The molecule has 1 aliphatic carbocycles. The molecule has 1 aliphatic rings. The summed E-state index contributed by atoms with van der Waals surface area (Å²) in [5.41, 5.74) is 10.9. The monoisotopic (exact) mass is 329 g/mol. The summed E-state index contributed by atoms with van der Waals surface area (Å²) in [4.78, 5) is 13.3. The van der Waals surface area contributed by atoms with Gasteiger partial charge in [-0.15, -0.1) is 0 Å². The van der Waals surface area contributed by atoms with Gasteiger partial charge in [-0.2, -0.15) is 0 Å². The minimum Gasteiger partial charge on any atom is -0.368 e. The fourth-order valence-electron chi connectivity index (χ4n) is 2.75. The molecule has 0 radical (unpaired) electrons. The van der Waals surface area contributed by atoms with Gasteiger partial charge in [0.25, 0.3) is 0 Å². The van der Waals surface area contributed by atoms with Crippen LogP contribution in [0.4, 0.5) is 5.95 Å². The van der Waals surface area contributed by atoms with Gasteiger partial charge in [0, 0.05) is 16.9 Å². The van der Waals surface area contributed by atoms with Crippen molar-refractivity contribution in [2.24, 2.45) is 0 Å². The summed E-state index contributed by atoms with van der Waals surface area (Å²) in [6, 6.07) is 4.00. The van der Waals surface area contributed by atoms with Crippen molar-refractivity contribution in [1.82, 2.24) is 19.4 Å². The fraction of sp³-hybridized carbons (Fsp3) is 0.214. The van der Waals surface area contributed by atoms with E-state index in [1.54, 1.807) is 0 Å². The predicted molar refractivity (Wildman–Crippen MR) is 80.4 cm³/mol. The number of nitrogen functional groups attached to an aromatic ring is 1. The van der Waals surface area contributed by atoms with Crippen molar-refractivity contribution in [1.29, 1.82) is 0 Å². The Labute approximate surface area is 124 Å². The first kappa shape index (κ1) is 11.8. The van der Waals surface area contributed by atoms with E-state index in [2.05, 4.69) is 30.3 Å². The SMILES string of the molecule is Nc1ncc2c(n1)-c1c(nc3ccc(Br)cn13)CCC2. The average molecular weight is 330 g/mol. The predicted octanol–water partition coefficient (Wildman–Crippen LogP) is 2.62. The molecule has 0 unspecified atom stereocenters. The second kappa shape index (κ2) is 4.28. The van der Waals surface area contributed by atoms with Gasteiger partial charge in [-0.3, -0.25) is 4.40 Å². The number of hydrogen-bond acceptors (Lipinski definition) is 4. The molecule has 0 aromatic carbocycles. The number of aromatic nitrogens is 4. The third-order valence-corrected chi connectivity index (χ3v) is 4.09. The molecular formula is C14H12BrN5. The van der Waals surface area contributed by atoms with Crippen LogP contribution in [-0.2, 0) is 12.8 Å². The molecule has 6 heteroatoms. The van der Waals surface area contributed by atoms with Gasteiger partial charge < -0.3 is 5.73 Å². The standard InChI is InChI=1S/C14H12BrN5/c15-9-4-5-11-18-10-3-1-2-8-6-17-14(16)19-12(8)13(10)20(11)7-9/h4-7H,1-3H2,(H2,16,17,19). The first-order chi connectivity index (χ1) is 9.72. The van der Waals surface area contributed by atoms with Gasteiger partial charge in [0.15, 0.2) is 0 Å². The maximum atomic E-state index is 5.77. The van der Waals surface area contributed by atoms with Crippen LogP contribution >= 0.6 is 15.9 Å². The quantitative estimate of drug-likeness (QED) is 0.688. The molecule has 0 amide bonds. The van der Waals surface area contributed by atoms with E-state index in [1.165, 1.54) is 0 Å². The summed E-state index contributed by atoms with van der Waals surface area (Å²) < 4.78 is 3.09. The zero-order valence-corrected chi connectivity index (χ0v) is 12.3. The van der Waals surface area contributed by atoms with Gasteiger partial charge in [0.1, 0.15) is 5.65 Å². The number of nitrogens with zero attached hydrogens (tertiary/aromatic N) is 4. The third-order valence-electron chi connectivity index (χ3n) is 3.62. The van der Waals surface area contributed by atoms with Crippen LogP contribution in [0.25, 0.3) is 17.0 Å². The van der Waals surface area contributed by atoms with Gasteiger partial charge in [-0.05, 0) is 52.9 Å². The van der Waals surface area contributed by atoms with Gasteiger partial charge in [0.05, 0.1) is 17.1 Å². The molecule has 3 aromatic heterocycles. The van der Waals surface area contributed by atoms with Gasteiger partial charge >= 0.3 is 0 Å². The van der Waals surface area contributed by atoms with E-state index in [-0.39, 0.29) is 0 Å². The largest absolute Gasteiger partial charge is 0.368 e. The van der Waals surface area contributed by atoms with Gasteiger partial charge in [-0.1, -0.05) is 0 Å². The van der Waals surface area contributed by atoms with E-state index in [0.29, 0.717) is 5.95 Å². The molecule has 4 rings (SSSR count). The van der Waals surface area contributed by atoms with Crippen LogP contribution in [0.3, 0.4) is 0 Å². The highest BCUT2D eigenvalue weighted by Crippen LogP contribution is 2.32. The lowest BCUT2D eigenvalue weighted by atomic mass is 10.1. The Morgan fingerprint density at radius 2 is 2.10 bits per heavy atom. The Kier molecular flexibility index (Phi) is 2.53. The molecule has 0 saturated heterocycles. The normalized spacial score (nSPS) is 13.8. The van der Waals surface area contributed by atoms with Crippen LogP contribution in [0.15, 0.2) is 29.0 Å². The molecule has 5 nitrogen and oxygen atoms in total. The molecule has 0 atom stereocenters. The van der Waals surface area contributed by atoms with Crippen LogP contribution in [0.5, 0.6) is 0 Å². The number of hydrogen-bond donors (Lipinski definition) is 1. The molecule has 3 heterocycles. The molecule has 3 aromatic rings. The molecule has 100 valence electrons. The molecular weight excluding hydrogens is 318 g/mol. The number of halogens is 1. The highest BCUT2D eigenvalue weighted by Gasteiger charge is 2.22. The van der Waals surface area contributed by atoms with Gasteiger partial charge in [0.2, 0.25) is 5.95 Å². The highest BCUT2D eigenvalue weighted by molar-refractivity contribution is 9.10. The summed E-state index contributed by atoms with van der Waals surface area (Å²) in [5.74, 6) is 0.307. The zero-order valence-electron chi connectivity index (χ0n) is 10.7. The van der Waals surface area contributed by atoms with Crippen molar-refractivity contribution in [2.75, 3.05) is 5.73 Å². The molecule has 0 fully saturated rings. The van der Waals surface area contributed by atoms with Crippen molar-refractivity contribution in [3.05, 3.63) is 40.3 Å². The Bertz CT molecular complexity index is 824. The van der Waals surface area contributed by atoms with Gasteiger partial charge in [-0.25, -0.2) is 15.0 Å². The van der Waals surface area contributed by atoms with E-state index < -0.39 is 0 Å². The zero-order chi connectivity index (χ0) is 13.7. The lowest BCUT2D eigenvalue weighted by molar-refractivity contribution is 0.815. The van der Waals surface area contributed by atoms with E-state index >= 15 is 0 Å². The first-order valence-corrected chi connectivity index (χ1v) is 7.30. The Morgan fingerprint density at radius 1 is 1.20 bits per heavy atom. The molecule has 0 saturated carbocycles. The summed E-state index contributed by atoms with van der Waals surface area (Å²) in [6.45, 7) is 0. The lowest BCUT2D eigenvalue weighted by Gasteiger charge is -2.07. The number of nitrogens with two attached hydrogens (primary N) is 1. The molecule has 0 bridgehead atoms. The molecule has 0 aliphatic heterocycles. The average Bonchev–Trinajstić information content (AvgIpc) is 2.68. The Morgan fingerprint density at radius 3 is 3.00 bits per heavy atom. The maximum absolute atomic E-state index is 5.77. The summed E-state index contributed by atoms with van der Waals surface area (Å²) in [7, 11) is 0. The van der Waals surface area contributed by atoms with Crippen LogP contribution < -0.4 is 5.73 Å². The first-order valence-electron chi connectivity index (χ1n) is 6.50.